The summed E-state index contributed by atoms with van der Waals surface area (Å²) in [5, 5.41) is 0. The molecule has 0 amide bonds. The van der Waals surface area contributed by atoms with Gasteiger partial charge in [-0.15, -0.1) is 0 Å². The van der Waals surface area contributed by atoms with Crippen LogP contribution < -0.4 is 15.2 Å². The van der Waals surface area contributed by atoms with Gasteiger partial charge in [0.1, 0.15) is 11.9 Å². The van der Waals surface area contributed by atoms with Crippen LogP contribution in [0.5, 0.6) is 11.5 Å². The Morgan fingerprint density at radius 3 is 2.68 bits per heavy atom. The van der Waals surface area contributed by atoms with E-state index in [1.807, 2.05) is 50.2 Å². The summed E-state index contributed by atoms with van der Waals surface area (Å²) < 4.78 is 11.4. The van der Waals surface area contributed by atoms with Gasteiger partial charge in [-0.05, 0) is 49.2 Å². The maximum atomic E-state index is 12.4. The van der Waals surface area contributed by atoms with E-state index in [-0.39, 0.29) is 11.9 Å². The lowest BCUT2D eigenvalue weighted by atomic mass is 9.94. The molecular weight excluding hydrogens is 278 g/mol. The summed E-state index contributed by atoms with van der Waals surface area (Å²) in [7, 11) is 0. The first-order chi connectivity index (χ1) is 10.6. The molecule has 2 aromatic carbocycles. The highest BCUT2D eigenvalue weighted by Crippen LogP contribution is 2.39. The number of nitrogen functional groups attached to an aromatic ring is 1. The van der Waals surface area contributed by atoms with Crippen LogP contribution in [0.25, 0.3) is 0 Å². The Hall–Kier alpha value is -2.49. The highest BCUT2D eigenvalue weighted by Gasteiger charge is 2.29. The average Bonchev–Trinajstić information content (AvgIpc) is 2.49. The number of rotatable bonds is 3. The molecule has 1 aliphatic heterocycles. The van der Waals surface area contributed by atoms with E-state index in [1.165, 1.54) is 0 Å². The molecule has 1 atom stereocenters. The van der Waals surface area contributed by atoms with Crippen molar-refractivity contribution < 1.29 is 14.3 Å². The minimum absolute atomic E-state index is 0.0653. The summed E-state index contributed by atoms with van der Waals surface area (Å²) in [4.78, 5) is 12.4. The number of hydrogen-bond donors (Lipinski definition) is 1. The largest absolute Gasteiger partial charge is 0.494 e. The topological polar surface area (TPSA) is 61.5 Å². The van der Waals surface area contributed by atoms with E-state index >= 15 is 0 Å². The van der Waals surface area contributed by atoms with E-state index in [4.69, 9.17) is 15.2 Å². The Morgan fingerprint density at radius 2 is 2.00 bits per heavy atom. The molecule has 2 aromatic rings. The fourth-order valence-electron chi connectivity index (χ4n) is 2.73. The zero-order valence-electron chi connectivity index (χ0n) is 12.8. The van der Waals surface area contributed by atoms with Crippen LogP contribution in [-0.4, -0.2) is 12.4 Å². The Balaban J connectivity index is 1.90. The number of aryl methyl sites for hydroxylation is 1. The van der Waals surface area contributed by atoms with Gasteiger partial charge in [0.2, 0.25) is 0 Å². The van der Waals surface area contributed by atoms with Crippen LogP contribution in [0.4, 0.5) is 5.69 Å². The number of fused-ring (bicyclic) bond motifs is 1. The normalized spacial score (nSPS) is 16.8. The number of hydrogen-bond acceptors (Lipinski definition) is 4. The molecule has 4 heteroatoms. The van der Waals surface area contributed by atoms with Gasteiger partial charge >= 0.3 is 0 Å². The molecule has 0 bridgehead atoms. The van der Waals surface area contributed by atoms with Crippen molar-refractivity contribution in [2.45, 2.75) is 26.4 Å². The van der Waals surface area contributed by atoms with Gasteiger partial charge in [0.25, 0.3) is 0 Å². The monoisotopic (exact) mass is 297 g/mol. The van der Waals surface area contributed by atoms with Gasteiger partial charge < -0.3 is 15.2 Å². The number of anilines is 1. The Labute approximate surface area is 129 Å². The van der Waals surface area contributed by atoms with Gasteiger partial charge in [-0.3, -0.25) is 4.79 Å². The maximum absolute atomic E-state index is 12.4. The van der Waals surface area contributed by atoms with Crippen LogP contribution in [0.3, 0.4) is 0 Å². The van der Waals surface area contributed by atoms with E-state index in [0.29, 0.717) is 30.0 Å². The van der Waals surface area contributed by atoms with E-state index < -0.39 is 0 Å². The zero-order valence-corrected chi connectivity index (χ0v) is 12.8. The summed E-state index contributed by atoms with van der Waals surface area (Å²) in [6.45, 7) is 4.49. The number of carbonyl (C=O) groups excluding carboxylic acids is 1. The van der Waals surface area contributed by atoms with Crippen LogP contribution in [0.2, 0.25) is 0 Å². The van der Waals surface area contributed by atoms with Crippen LogP contribution in [0.1, 0.15) is 40.9 Å². The fraction of sp³-hybridized carbons (Fsp3) is 0.278. The molecule has 1 aliphatic rings. The fourth-order valence-corrected chi connectivity index (χ4v) is 2.73. The van der Waals surface area contributed by atoms with Crippen molar-refractivity contribution in [1.29, 1.82) is 0 Å². The molecular formula is C18H19NO3. The molecule has 3 rings (SSSR count). The standard InChI is InChI=1S/C18H19NO3/c1-3-21-13-6-4-12(5-7-13)17-10-16(20)14-8-11(2)9-15(19)18(14)22-17/h4-9,17H,3,10,19H2,1-2H3. The second kappa shape index (κ2) is 5.72. The molecule has 4 nitrogen and oxygen atoms in total. The van der Waals surface area contributed by atoms with E-state index in [1.54, 1.807) is 0 Å². The second-order valence-corrected chi connectivity index (χ2v) is 5.47. The molecule has 0 radical (unpaired) electrons. The molecule has 0 saturated heterocycles. The molecule has 22 heavy (non-hydrogen) atoms. The van der Waals surface area contributed by atoms with Crippen LogP contribution >= 0.6 is 0 Å². The molecule has 0 saturated carbocycles. The number of ether oxygens (including phenoxy) is 2. The summed E-state index contributed by atoms with van der Waals surface area (Å²) in [6.07, 6.45) is 0.0184. The van der Waals surface area contributed by atoms with E-state index in [0.717, 1.165) is 16.9 Å². The lowest BCUT2D eigenvalue weighted by molar-refractivity contribution is 0.0851. The predicted molar refractivity (Wildman–Crippen MR) is 85.5 cm³/mol. The molecule has 1 heterocycles. The molecule has 0 aliphatic carbocycles. The van der Waals surface area contributed by atoms with Crippen molar-refractivity contribution in [2.75, 3.05) is 12.3 Å². The second-order valence-electron chi connectivity index (χ2n) is 5.47. The highest BCUT2D eigenvalue weighted by molar-refractivity contribution is 6.01. The third-order valence-corrected chi connectivity index (χ3v) is 3.76. The first-order valence-electron chi connectivity index (χ1n) is 7.41. The molecule has 2 N–H and O–H groups in total. The van der Waals surface area contributed by atoms with Crippen LogP contribution in [0.15, 0.2) is 36.4 Å². The smallest absolute Gasteiger partial charge is 0.170 e. The number of nitrogens with two attached hydrogens (primary N) is 1. The molecule has 0 fully saturated rings. The van der Waals surface area contributed by atoms with Gasteiger partial charge in [-0.2, -0.15) is 0 Å². The van der Waals surface area contributed by atoms with Gasteiger partial charge in [0.15, 0.2) is 11.5 Å². The van der Waals surface area contributed by atoms with Crippen molar-refractivity contribution in [3.8, 4) is 11.5 Å². The minimum Gasteiger partial charge on any atom is -0.494 e. The molecule has 0 spiro atoms. The third kappa shape index (κ3) is 2.64. The maximum Gasteiger partial charge on any atom is 0.170 e. The number of ketones is 1. The van der Waals surface area contributed by atoms with Crippen molar-refractivity contribution in [3.05, 3.63) is 53.1 Å². The Kier molecular flexibility index (Phi) is 3.75. The van der Waals surface area contributed by atoms with Gasteiger partial charge in [0, 0.05) is 0 Å². The van der Waals surface area contributed by atoms with Crippen molar-refractivity contribution in [1.82, 2.24) is 0 Å². The predicted octanol–water partition coefficient (Wildman–Crippen LogP) is 3.68. The first kappa shape index (κ1) is 14.4. The number of carbonyl (C=O) groups is 1. The highest BCUT2D eigenvalue weighted by atomic mass is 16.5. The van der Waals surface area contributed by atoms with E-state index in [9.17, 15) is 4.79 Å². The lowest BCUT2D eigenvalue weighted by Gasteiger charge is -2.27. The number of Topliss-reactive ketones (excluding diaryl/α,β-unsaturated/α-hetero) is 1. The lowest BCUT2D eigenvalue weighted by Crippen LogP contribution is -2.21. The van der Waals surface area contributed by atoms with Crippen LogP contribution in [0, 0.1) is 6.92 Å². The SMILES string of the molecule is CCOc1ccc(C2CC(=O)c3cc(C)cc(N)c3O2)cc1. The summed E-state index contributed by atoms with van der Waals surface area (Å²) in [6, 6.07) is 11.3. The third-order valence-electron chi connectivity index (χ3n) is 3.76. The van der Waals surface area contributed by atoms with E-state index in [2.05, 4.69) is 0 Å². The van der Waals surface area contributed by atoms with Crippen molar-refractivity contribution >= 4 is 11.5 Å². The zero-order chi connectivity index (χ0) is 15.7. The van der Waals surface area contributed by atoms with Crippen LogP contribution in [-0.2, 0) is 0 Å². The van der Waals surface area contributed by atoms with Gasteiger partial charge in [-0.1, -0.05) is 12.1 Å². The Morgan fingerprint density at radius 1 is 1.27 bits per heavy atom. The average molecular weight is 297 g/mol. The minimum atomic E-state index is -0.305. The molecule has 114 valence electrons. The van der Waals surface area contributed by atoms with Gasteiger partial charge in [0.05, 0.1) is 24.3 Å². The first-order valence-corrected chi connectivity index (χ1v) is 7.41. The van der Waals surface area contributed by atoms with Crippen molar-refractivity contribution in [3.63, 3.8) is 0 Å². The number of benzene rings is 2. The quantitative estimate of drug-likeness (QED) is 0.878. The van der Waals surface area contributed by atoms with Gasteiger partial charge in [-0.25, -0.2) is 0 Å². The van der Waals surface area contributed by atoms with Crippen molar-refractivity contribution in [2.24, 2.45) is 0 Å². The molecule has 0 aromatic heterocycles. The summed E-state index contributed by atoms with van der Waals surface area (Å²) in [5.74, 6) is 1.38. The summed E-state index contributed by atoms with van der Waals surface area (Å²) in [5.41, 5.74) is 9.02. The Bertz CT molecular complexity index is 707. The molecule has 1 unspecified atom stereocenters. The summed E-state index contributed by atoms with van der Waals surface area (Å²) >= 11 is 0.